The molecular formula is C33H25N. The lowest BCUT2D eigenvalue weighted by molar-refractivity contribution is 0.787. The third-order valence-electron chi connectivity index (χ3n) is 7.29. The van der Waals surface area contributed by atoms with E-state index in [1.807, 2.05) is 0 Å². The molecule has 0 heterocycles. The van der Waals surface area contributed by atoms with Gasteiger partial charge in [-0.15, -0.1) is 0 Å². The number of fused-ring (bicyclic) bond motifs is 5. The fourth-order valence-corrected chi connectivity index (χ4v) is 5.91. The van der Waals surface area contributed by atoms with Crippen LogP contribution in [0.1, 0.15) is 29.5 Å². The third kappa shape index (κ3) is 2.80. The lowest BCUT2D eigenvalue weighted by Crippen LogP contribution is -2.30. The van der Waals surface area contributed by atoms with Crippen molar-refractivity contribution in [3.05, 3.63) is 132 Å². The topological polar surface area (TPSA) is 3.24 Å². The van der Waals surface area contributed by atoms with Gasteiger partial charge in [0.1, 0.15) is 0 Å². The molecule has 1 atom stereocenters. The summed E-state index contributed by atoms with van der Waals surface area (Å²) in [5.74, 6) is 0. The van der Waals surface area contributed by atoms with Gasteiger partial charge in [-0.3, -0.25) is 0 Å². The molecule has 0 aromatic heterocycles. The smallest absolute Gasteiger partial charge is 0.0576 e. The summed E-state index contributed by atoms with van der Waals surface area (Å²) in [5, 5.41) is 2.64. The molecule has 0 radical (unpaired) electrons. The number of allylic oxidation sites excluding steroid dienone is 4. The molecule has 0 spiro atoms. The van der Waals surface area contributed by atoms with Crippen LogP contribution in [0.5, 0.6) is 0 Å². The van der Waals surface area contributed by atoms with Gasteiger partial charge >= 0.3 is 0 Å². The van der Waals surface area contributed by atoms with Gasteiger partial charge in [-0.2, -0.15) is 0 Å². The Hall–Kier alpha value is -4.10. The van der Waals surface area contributed by atoms with E-state index in [9.17, 15) is 0 Å². The number of hydrogen-bond acceptors (Lipinski definition) is 1. The van der Waals surface area contributed by atoms with Gasteiger partial charge in [-0.1, -0.05) is 109 Å². The summed E-state index contributed by atoms with van der Waals surface area (Å²) < 4.78 is 0. The molecule has 0 N–H and O–H groups in total. The standard InChI is InChI=1S/C33H25N/c1-3-13-23(14-4-1)34(24-15-5-2-6-16-24)33-29-21-11-9-20-28(29)31-26-18-8-7-17-25(26)27-19-10-12-22-30(33)32(27)31/h1-9,11-15,17-22,24H,10,16H2. The van der Waals surface area contributed by atoms with Crippen LogP contribution in [0.25, 0.3) is 33.5 Å². The first-order valence-electron chi connectivity index (χ1n) is 12.1. The Bertz CT molecular complexity index is 1550. The predicted octanol–water partition coefficient (Wildman–Crippen LogP) is 8.69. The lowest BCUT2D eigenvalue weighted by atomic mass is 9.89. The van der Waals surface area contributed by atoms with Gasteiger partial charge < -0.3 is 4.90 Å². The second kappa shape index (κ2) is 7.74. The van der Waals surface area contributed by atoms with Crippen LogP contribution in [-0.2, 0) is 0 Å². The second-order valence-corrected chi connectivity index (χ2v) is 9.18. The van der Waals surface area contributed by atoms with E-state index in [1.54, 1.807) is 0 Å². The SMILES string of the molecule is C1=CCC(N(c2ccccc2)c2c3c4c(c5ccccc25)-c2ccccc2C4=CCC=C3)C=C1. The zero-order valence-corrected chi connectivity index (χ0v) is 19.0. The van der Waals surface area contributed by atoms with Crippen molar-refractivity contribution in [2.45, 2.75) is 18.9 Å². The van der Waals surface area contributed by atoms with Crippen molar-refractivity contribution in [2.24, 2.45) is 0 Å². The Labute approximate surface area is 200 Å². The fraction of sp³-hybridized carbons (Fsp3) is 0.0909. The number of nitrogens with zero attached hydrogens (tertiary/aromatic N) is 1. The van der Waals surface area contributed by atoms with Crippen LogP contribution in [0.2, 0.25) is 0 Å². The summed E-state index contributed by atoms with van der Waals surface area (Å²) in [6, 6.07) is 29.0. The van der Waals surface area contributed by atoms with Gasteiger partial charge in [0, 0.05) is 16.6 Å². The molecule has 0 saturated heterocycles. The van der Waals surface area contributed by atoms with E-state index in [-0.39, 0.29) is 6.04 Å². The molecule has 4 aromatic rings. The molecule has 0 fully saturated rings. The zero-order chi connectivity index (χ0) is 22.5. The minimum atomic E-state index is 0.262. The number of para-hydroxylation sites is 1. The number of anilines is 2. The molecule has 0 amide bonds. The third-order valence-corrected chi connectivity index (χ3v) is 7.29. The van der Waals surface area contributed by atoms with Crippen molar-refractivity contribution in [3.63, 3.8) is 0 Å². The van der Waals surface area contributed by atoms with Crippen LogP contribution in [0.15, 0.2) is 115 Å². The van der Waals surface area contributed by atoms with Crippen molar-refractivity contribution in [1.82, 2.24) is 0 Å². The molecule has 3 aliphatic rings. The van der Waals surface area contributed by atoms with Crippen LogP contribution in [0.4, 0.5) is 11.4 Å². The van der Waals surface area contributed by atoms with E-state index >= 15 is 0 Å². The summed E-state index contributed by atoms with van der Waals surface area (Å²) in [7, 11) is 0. The molecule has 3 aliphatic carbocycles. The largest absolute Gasteiger partial charge is 0.333 e. The molecule has 7 rings (SSSR count). The second-order valence-electron chi connectivity index (χ2n) is 9.18. The number of hydrogen-bond donors (Lipinski definition) is 0. The predicted molar refractivity (Wildman–Crippen MR) is 145 cm³/mol. The minimum Gasteiger partial charge on any atom is -0.333 e. The highest BCUT2D eigenvalue weighted by Gasteiger charge is 2.33. The molecule has 162 valence electrons. The highest BCUT2D eigenvalue weighted by molar-refractivity contribution is 6.19. The Morgan fingerprint density at radius 1 is 0.676 bits per heavy atom. The van der Waals surface area contributed by atoms with Crippen molar-refractivity contribution in [1.29, 1.82) is 0 Å². The van der Waals surface area contributed by atoms with Crippen molar-refractivity contribution in [2.75, 3.05) is 4.90 Å². The molecule has 0 saturated carbocycles. The van der Waals surface area contributed by atoms with Gasteiger partial charge in [0.15, 0.2) is 0 Å². The van der Waals surface area contributed by atoms with E-state index in [0.717, 1.165) is 12.8 Å². The zero-order valence-electron chi connectivity index (χ0n) is 19.0. The van der Waals surface area contributed by atoms with Crippen LogP contribution in [0, 0.1) is 0 Å². The normalized spacial score (nSPS) is 17.3. The van der Waals surface area contributed by atoms with Crippen molar-refractivity contribution < 1.29 is 0 Å². The fourth-order valence-electron chi connectivity index (χ4n) is 5.91. The maximum Gasteiger partial charge on any atom is 0.0576 e. The molecule has 0 aliphatic heterocycles. The Balaban J connectivity index is 1.62. The molecule has 4 aromatic carbocycles. The van der Waals surface area contributed by atoms with Crippen LogP contribution in [-0.4, -0.2) is 6.04 Å². The lowest BCUT2D eigenvalue weighted by Gasteiger charge is -2.35. The molecule has 1 unspecified atom stereocenters. The summed E-state index contributed by atoms with van der Waals surface area (Å²) in [6.45, 7) is 0. The Morgan fingerprint density at radius 3 is 2.26 bits per heavy atom. The number of rotatable bonds is 3. The van der Waals surface area contributed by atoms with Gasteiger partial charge in [-0.05, 0) is 58.2 Å². The van der Waals surface area contributed by atoms with Gasteiger partial charge in [-0.25, -0.2) is 0 Å². The molecule has 34 heavy (non-hydrogen) atoms. The van der Waals surface area contributed by atoms with E-state index in [1.165, 1.54) is 55.5 Å². The van der Waals surface area contributed by atoms with Crippen molar-refractivity contribution >= 4 is 33.8 Å². The van der Waals surface area contributed by atoms with E-state index < -0.39 is 0 Å². The monoisotopic (exact) mass is 435 g/mol. The number of benzene rings is 4. The van der Waals surface area contributed by atoms with E-state index in [4.69, 9.17) is 0 Å². The van der Waals surface area contributed by atoms with Crippen LogP contribution >= 0.6 is 0 Å². The Kier molecular flexibility index (Phi) is 4.41. The molecule has 1 nitrogen and oxygen atoms in total. The molecule has 0 bridgehead atoms. The van der Waals surface area contributed by atoms with Crippen molar-refractivity contribution in [3.8, 4) is 11.1 Å². The highest BCUT2D eigenvalue weighted by Crippen LogP contribution is 2.54. The maximum atomic E-state index is 2.56. The maximum absolute atomic E-state index is 2.56. The summed E-state index contributed by atoms with van der Waals surface area (Å²) in [5.41, 5.74) is 10.7. The van der Waals surface area contributed by atoms with Gasteiger partial charge in [0.2, 0.25) is 0 Å². The van der Waals surface area contributed by atoms with E-state index in [0.29, 0.717) is 0 Å². The summed E-state index contributed by atoms with van der Waals surface area (Å²) in [4.78, 5) is 2.56. The quantitative estimate of drug-likeness (QED) is 0.274. The minimum absolute atomic E-state index is 0.262. The molecule has 1 heteroatoms. The first-order chi connectivity index (χ1) is 16.9. The van der Waals surface area contributed by atoms with Gasteiger partial charge in [0.05, 0.1) is 11.7 Å². The first-order valence-corrected chi connectivity index (χ1v) is 12.1. The van der Waals surface area contributed by atoms with Gasteiger partial charge in [0.25, 0.3) is 0 Å². The first kappa shape index (κ1) is 19.4. The van der Waals surface area contributed by atoms with Crippen LogP contribution in [0.3, 0.4) is 0 Å². The Morgan fingerprint density at radius 2 is 1.44 bits per heavy atom. The average molecular weight is 436 g/mol. The van der Waals surface area contributed by atoms with E-state index in [2.05, 4.69) is 126 Å². The average Bonchev–Trinajstić information content (AvgIpc) is 3.07. The molecular weight excluding hydrogens is 410 g/mol. The summed E-state index contributed by atoms with van der Waals surface area (Å²) >= 11 is 0. The highest BCUT2D eigenvalue weighted by atomic mass is 15.2. The summed E-state index contributed by atoms with van der Waals surface area (Å²) in [6.07, 6.45) is 18.0. The van der Waals surface area contributed by atoms with Crippen LogP contribution < -0.4 is 4.90 Å².